The van der Waals surface area contributed by atoms with E-state index in [-0.39, 0.29) is 30.7 Å². The van der Waals surface area contributed by atoms with Gasteiger partial charge in [-0.3, -0.25) is 13.7 Å². The first-order valence-corrected chi connectivity index (χ1v) is 14.0. The number of aliphatic hydroxyl groups is 1. The van der Waals surface area contributed by atoms with Gasteiger partial charge in [-0.15, -0.1) is 0 Å². The number of amides is 1. The molecule has 0 radical (unpaired) electrons. The van der Waals surface area contributed by atoms with Gasteiger partial charge >= 0.3 is 0 Å². The zero-order valence-corrected chi connectivity index (χ0v) is 23.3. The van der Waals surface area contributed by atoms with E-state index in [0.717, 1.165) is 18.4 Å². The second-order valence-electron chi connectivity index (χ2n) is 9.05. The van der Waals surface area contributed by atoms with Crippen LogP contribution in [-0.4, -0.2) is 26.8 Å². The Morgan fingerprint density at radius 3 is 2.55 bits per heavy atom. The van der Waals surface area contributed by atoms with Gasteiger partial charge in [0.1, 0.15) is 17.2 Å². The normalized spacial score (nSPS) is 14.1. The molecule has 0 saturated heterocycles. The summed E-state index contributed by atoms with van der Waals surface area (Å²) in [6.45, 7) is -0.224. The monoisotopic (exact) mass is 620 g/mol. The van der Waals surface area contributed by atoms with Gasteiger partial charge in [0, 0.05) is 28.5 Å². The predicted octanol–water partition coefficient (Wildman–Crippen LogP) is 6.53. The fraction of sp³-hybridized carbons (Fsp3) is 0.222. The molecule has 11 heteroatoms. The van der Waals surface area contributed by atoms with E-state index in [1.807, 2.05) is 6.07 Å². The highest BCUT2D eigenvalue weighted by Gasteiger charge is 2.32. The summed E-state index contributed by atoms with van der Waals surface area (Å²) in [7, 11) is 1.52. The van der Waals surface area contributed by atoms with Crippen molar-refractivity contribution >= 4 is 61.4 Å². The highest BCUT2D eigenvalue weighted by molar-refractivity contribution is 9.10. The van der Waals surface area contributed by atoms with Crippen LogP contribution in [0.5, 0.6) is 0 Å². The lowest BCUT2D eigenvalue weighted by molar-refractivity contribution is 0.0964. The molecule has 0 aliphatic heterocycles. The van der Waals surface area contributed by atoms with Crippen LogP contribution in [0, 0.1) is 5.82 Å². The van der Waals surface area contributed by atoms with Gasteiger partial charge in [-0.05, 0) is 87.8 Å². The van der Waals surface area contributed by atoms with Crippen LogP contribution in [0.2, 0.25) is 5.02 Å². The standard InChI is InChI=1S/C27H23BrClFN2O5S/c1-31-27(34)24-20-10-19(15-2-3-15)22(11-23(20)37-26(24)16-4-6-18(30)7-5-16)32(38(35)36)12-14-8-17(13-33)25(28)21(29)9-14/h4-11,15,33H,2-3,12-13H2,1H3,(H,31,34)(H,35,36). The van der Waals surface area contributed by atoms with Crippen LogP contribution < -0.4 is 9.62 Å². The van der Waals surface area contributed by atoms with E-state index in [9.17, 15) is 23.1 Å². The molecule has 38 heavy (non-hydrogen) atoms. The summed E-state index contributed by atoms with van der Waals surface area (Å²) in [6.07, 6.45) is 1.81. The van der Waals surface area contributed by atoms with Crippen molar-refractivity contribution in [2.24, 2.45) is 0 Å². The van der Waals surface area contributed by atoms with Gasteiger partial charge in [-0.1, -0.05) is 17.7 Å². The van der Waals surface area contributed by atoms with Crippen LogP contribution in [0.1, 0.15) is 45.8 Å². The number of carbonyl (C=O) groups excluding carboxylic acids is 1. The highest BCUT2D eigenvalue weighted by Crippen LogP contribution is 2.48. The van der Waals surface area contributed by atoms with Crippen LogP contribution in [0.3, 0.4) is 0 Å². The van der Waals surface area contributed by atoms with Gasteiger partial charge in [-0.2, -0.15) is 0 Å². The maximum absolute atomic E-state index is 13.6. The maximum Gasteiger partial charge on any atom is 0.262 e. The van der Waals surface area contributed by atoms with Crippen molar-refractivity contribution < 1.29 is 27.5 Å². The molecule has 1 aliphatic rings. The Labute approximate surface area is 234 Å². The second kappa shape index (κ2) is 10.8. The van der Waals surface area contributed by atoms with E-state index in [4.69, 9.17) is 16.0 Å². The van der Waals surface area contributed by atoms with Gasteiger partial charge in [0.25, 0.3) is 17.2 Å². The molecule has 1 atom stereocenters. The van der Waals surface area contributed by atoms with Crippen molar-refractivity contribution in [1.82, 2.24) is 5.32 Å². The minimum absolute atomic E-state index is 0.0299. The van der Waals surface area contributed by atoms with Crippen LogP contribution in [0.4, 0.5) is 10.1 Å². The number of aliphatic hydroxyl groups excluding tert-OH is 1. The summed E-state index contributed by atoms with van der Waals surface area (Å²) >= 11 is 7.26. The van der Waals surface area contributed by atoms with Crippen molar-refractivity contribution in [3.63, 3.8) is 0 Å². The van der Waals surface area contributed by atoms with Gasteiger partial charge in [-0.25, -0.2) is 8.60 Å². The molecule has 1 aromatic heterocycles. The minimum Gasteiger partial charge on any atom is -0.455 e. The molecule has 7 nitrogen and oxygen atoms in total. The van der Waals surface area contributed by atoms with Crippen LogP contribution in [0.15, 0.2) is 57.4 Å². The molecule has 0 spiro atoms. The number of fused-ring (bicyclic) bond motifs is 1. The number of nitrogens with one attached hydrogen (secondary N) is 1. The zero-order chi connectivity index (χ0) is 27.1. The van der Waals surface area contributed by atoms with Crippen molar-refractivity contribution in [2.75, 3.05) is 11.4 Å². The summed E-state index contributed by atoms with van der Waals surface area (Å²) in [6, 6.07) is 12.6. The van der Waals surface area contributed by atoms with Gasteiger partial charge < -0.3 is 14.8 Å². The van der Waals surface area contributed by atoms with Crippen molar-refractivity contribution in [3.8, 4) is 11.3 Å². The Morgan fingerprint density at radius 1 is 1.24 bits per heavy atom. The first-order valence-electron chi connectivity index (χ1n) is 11.8. The van der Waals surface area contributed by atoms with E-state index < -0.39 is 17.1 Å². The number of nitrogens with zero attached hydrogens (tertiary/aromatic N) is 1. The number of carbonyl (C=O) groups is 1. The number of anilines is 1. The molecule has 1 unspecified atom stereocenters. The number of rotatable bonds is 8. The van der Waals surface area contributed by atoms with Crippen molar-refractivity contribution in [3.05, 3.63) is 86.1 Å². The molecule has 1 aliphatic carbocycles. The number of furan rings is 1. The minimum atomic E-state index is -2.41. The molecule has 1 saturated carbocycles. The van der Waals surface area contributed by atoms with Crippen molar-refractivity contribution in [2.45, 2.75) is 31.9 Å². The Hall–Kier alpha value is -2.76. The van der Waals surface area contributed by atoms with Gasteiger partial charge in [0.15, 0.2) is 0 Å². The Balaban J connectivity index is 1.68. The van der Waals surface area contributed by atoms with Gasteiger partial charge in [0.2, 0.25) is 0 Å². The Bertz CT molecular complexity index is 1570. The van der Waals surface area contributed by atoms with E-state index in [2.05, 4.69) is 21.2 Å². The van der Waals surface area contributed by atoms with Crippen LogP contribution in [-0.2, 0) is 24.4 Å². The average molecular weight is 622 g/mol. The summed E-state index contributed by atoms with van der Waals surface area (Å²) < 4.78 is 44.6. The second-order valence-corrected chi connectivity index (χ2v) is 11.2. The fourth-order valence-corrected chi connectivity index (χ4v) is 5.75. The lowest BCUT2D eigenvalue weighted by Crippen LogP contribution is -2.26. The largest absolute Gasteiger partial charge is 0.455 e. The third kappa shape index (κ3) is 5.11. The fourth-order valence-electron chi connectivity index (χ4n) is 4.55. The average Bonchev–Trinajstić information content (AvgIpc) is 3.68. The van der Waals surface area contributed by atoms with Crippen LogP contribution >= 0.6 is 27.5 Å². The molecule has 1 amide bonds. The third-order valence-electron chi connectivity index (χ3n) is 6.53. The first kappa shape index (κ1) is 26.8. The molecular weight excluding hydrogens is 599 g/mol. The highest BCUT2D eigenvalue weighted by atomic mass is 79.9. The Morgan fingerprint density at radius 2 is 1.95 bits per heavy atom. The quantitative estimate of drug-likeness (QED) is 0.194. The zero-order valence-electron chi connectivity index (χ0n) is 20.1. The smallest absolute Gasteiger partial charge is 0.262 e. The lowest BCUT2D eigenvalue weighted by Gasteiger charge is -2.24. The number of benzene rings is 3. The number of hydrogen-bond acceptors (Lipinski definition) is 4. The molecule has 198 valence electrons. The van der Waals surface area contributed by atoms with E-state index in [0.29, 0.717) is 48.4 Å². The molecule has 4 aromatic rings. The summed E-state index contributed by atoms with van der Waals surface area (Å²) in [5, 5.41) is 13.3. The summed E-state index contributed by atoms with van der Waals surface area (Å²) in [4.78, 5) is 13.0. The molecule has 1 fully saturated rings. The molecule has 3 N–H and O–H groups in total. The number of hydrogen-bond donors (Lipinski definition) is 3. The van der Waals surface area contributed by atoms with E-state index >= 15 is 0 Å². The summed E-state index contributed by atoms with van der Waals surface area (Å²) in [5.74, 6) is -0.338. The third-order valence-corrected chi connectivity index (χ3v) is 8.70. The number of halogens is 3. The van der Waals surface area contributed by atoms with E-state index in [1.165, 1.54) is 35.6 Å². The summed E-state index contributed by atoms with van der Waals surface area (Å²) in [5.41, 5.74) is 3.69. The van der Waals surface area contributed by atoms with Gasteiger partial charge in [0.05, 0.1) is 29.4 Å². The first-order chi connectivity index (χ1) is 18.2. The molecule has 5 rings (SSSR count). The molecule has 3 aromatic carbocycles. The predicted molar refractivity (Wildman–Crippen MR) is 149 cm³/mol. The van der Waals surface area contributed by atoms with Crippen molar-refractivity contribution in [1.29, 1.82) is 0 Å². The maximum atomic E-state index is 13.6. The van der Waals surface area contributed by atoms with E-state index in [1.54, 1.807) is 18.2 Å². The molecule has 1 heterocycles. The lowest BCUT2D eigenvalue weighted by atomic mass is 10.00. The Kier molecular flexibility index (Phi) is 7.61. The molecule has 0 bridgehead atoms. The van der Waals surface area contributed by atoms with Crippen LogP contribution in [0.25, 0.3) is 22.3 Å². The molecular formula is C27H23BrClFN2O5S. The SMILES string of the molecule is CNC(=O)c1c(-c2ccc(F)cc2)oc2cc(N(Cc3cc(Cl)c(Br)c(CO)c3)S(=O)O)c(C3CC3)cc12. The topological polar surface area (TPSA) is 103 Å².